The molecule has 0 spiro atoms. The number of unbranched alkanes of at least 4 members (excludes halogenated alkanes) is 5. The van der Waals surface area contributed by atoms with Crippen molar-refractivity contribution in [2.45, 2.75) is 51.9 Å². The number of rotatable bonds is 10. The summed E-state index contributed by atoms with van der Waals surface area (Å²) in [6, 6.07) is 0. The Kier molecular flexibility index (Phi) is 13.3. The van der Waals surface area contributed by atoms with Crippen molar-refractivity contribution >= 4 is 23.4 Å². The zero-order chi connectivity index (χ0) is 9.78. The molecule has 2 heteroatoms. The van der Waals surface area contributed by atoms with E-state index in [1.54, 1.807) is 0 Å². The molecule has 0 atom stereocenters. The van der Waals surface area contributed by atoms with Crippen LogP contribution in [0.5, 0.6) is 0 Å². The SMILES string of the molecule is CCCCCSCCCCCCCl. The van der Waals surface area contributed by atoms with Crippen LogP contribution in [-0.2, 0) is 0 Å². The van der Waals surface area contributed by atoms with Gasteiger partial charge in [0.15, 0.2) is 0 Å². The Morgan fingerprint density at radius 1 is 0.846 bits per heavy atom. The molecule has 0 aromatic rings. The van der Waals surface area contributed by atoms with Gasteiger partial charge in [-0.05, 0) is 30.8 Å². The quantitative estimate of drug-likeness (QED) is 0.381. The molecule has 80 valence electrons. The van der Waals surface area contributed by atoms with E-state index >= 15 is 0 Å². The third-order valence-electron chi connectivity index (χ3n) is 2.06. The summed E-state index contributed by atoms with van der Waals surface area (Å²) in [5, 5.41) is 0. The van der Waals surface area contributed by atoms with Gasteiger partial charge in [-0.25, -0.2) is 0 Å². The fourth-order valence-corrected chi connectivity index (χ4v) is 2.42. The van der Waals surface area contributed by atoms with Crippen molar-refractivity contribution in [3.63, 3.8) is 0 Å². The number of halogens is 1. The lowest BCUT2D eigenvalue weighted by atomic mass is 10.2. The Labute approximate surface area is 92.8 Å². The summed E-state index contributed by atoms with van der Waals surface area (Å²) in [6.45, 7) is 2.26. The fourth-order valence-electron chi connectivity index (χ4n) is 1.21. The minimum absolute atomic E-state index is 0.837. The molecule has 0 rings (SSSR count). The number of alkyl halides is 1. The van der Waals surface area contributed by atoms with Gasteiger partial charge in [0.05, 0.1) is 0 Å². The van der Waals surface area contributed by atoms with E-state index in [0.717, 1.165) is 5.88 Å². The van der Waals surface area contributed by atoms with Gasteiger partial charge in [0.25, 0.3) is 0 Å². The molecule has 0 N–H and O–H groups in total. The summed E-state index contributed by atoms with van der Waals surface area (Å²) in [7, 11) is 0. The first kappa shape index (κ1) is 13.6. The highest BCUT2D eigenvalue weighted by atomic mass is 35.5. The molecule has 0 fully saturated rings. The van der Waals surface area contributed by atoms with Gasteiger partial charge in [-0.1, -0.05) is 32.6 Å². The maximum absolute atomic E-state index is 5.59. The summed E-state index contributed by atoms with van der Waals surface area (Å²) in [4.78, 5) is 0. The van der Waals surface area contributed by atoms with Crippen LogP contribution in [0.15, 0.2) is 0 Å². The molecule has 0 aliphatic heterocycles. The average molecular weight is 223 g/mol. The summed E-state index contributed by atoms with van der Waals surface area (Å²) < 4.78 is 0. The van der Waals surface area contributed by atoms with E-state index < -0.39 is 0 Å². The van der Waals surface area contributed by atoms with Crippen molar-refractivity contribution < 1.29 is 0 Å². The average Bonchev–Trinajstić information content (AvgIpc) is 2.16. The first-order valence-electron chi connectivity index (χ1n) is 5.55. The van der Waals surface area contributed by atoms with E-state index in [4.69, 9.17) is 11.6 Å². The highest BCUT2D eigenvalue weighted by molar-refractivity contribution is 7.99. The Hall–Kier alpha value is 0.640. The molecule has 0 aliphatic rings. The third-order valence-corrected chi connectivity index (χ3v) is 3.49. The maximum atomic E-state index is 5.59. The molecule has 0 radical (unpaired) electrons. The fraction of sp³-hybridized carbons (Fsp3) is 1.00. The summed E-state index contributed by atoms with van der Waals surface area (Å²) in [5.74, 6) is 3.55. The minimum atomic E-state index is 0.837. The molecule has 0 amide bonds. The van der Waals surface area contributed by atoms with Crippen LogP contribution < -0.4 is 0 Å². The Morgan fingerprint density at radius 3 is 2.08 bits per heavy atom. The van der Waals surface area contributed by atoms with Crippen LogP contribution in [0.2, 0.25) is 0 Å². The van der Waals surface area contributed by atoms with Crippen LogP contribution in [0.25, 0.3) is 0 Å². The van der Waals surface area contributed by atoms with E-state index in [0.29, 0.717) is 0 Å². The van der Waals surface area contributed by atoms with Gasteiger partial charge in [-0.3, -0.25) is 0 Å². The van der Waals surface area contributed by atoms with Gasteiger partial charge in [-0.15, -0.1) is 11.6 Å². The van der Waals surface area contributed by atoms with Crippen LogP contribution in [0.4, 0.5) is 0 Å². The van der Waals surface area contributed by atoms with Gasteiger partial charge in [0.2, 0.25) is 0 Å². The van der Waals surface area contributed by atoms with E-state index in [1.807, 2.05) is 0 Å². The molecule has 0 unspecified atom stereocenters. The topological polar surface area (TPSA) is 0 Å². The van der Waals surface area contributed by atoms with Crippen LogP contribution in [0, 0.1) is 0 Å². The Balaban J connectivity index is 2.76. The van der Waals surface area contributed by atoms with Crippen molar-refractivity contribution in [1.29, 1.82) is 0 Å². The monoisotopic (exact) mass is 222 g/mol. The molecular formula is C11H23ClS. The number of hydrogen-bond acceptors (Lipinski definition) is 1. The molecule has 0 aromatic heterocycles. The molecule has 0 bridgehead atoms. The predicted octanol–water partition coefficient (Wildman–Crippen LogP) is 4.71. The first-order chi connectivity index (χ1) is 6.41. The van der Waals surface area contributed by atoms with Crippen LogP contribution in [0.3, 0.4) is 0 Å². The maximum Gasteiger partial charge on any atom is 0.0223 e. The molecule has 0 aromatic carbocycles. The van der Waals surface area contributed by atoms with E-state index in [9.17, 15) is 0 Å². The van der Waals surface area contributed by atoms with Gasteiger partial charge in [0, 0.05) is 5.88 Å². The lowest BCUT2D eigenvalue weighted by molar-refractivity contribution is 0.708. The van der Waals surface area contributed by atoms with E-state index in [-0.39, 0.29) is 0 Å². The first-order valence-corrected chi connectivity index (χ1v) is 7.24. The molecule has 0 saturated heterocycles. The predicted molar refractivity (Wildman–Crippen MR) is 66.0 cm³/mol. The van der Waals surface area contributed by atoms with Gasteiger partial charge in [0.1, 0.15) is 0 Å². The number of thioether (sulfide) groups is 1. The zero-order valence-corrected chi connectivity index (χ0v) is 10.4. The normalized spacial score (nSPS) is 10.6. The molecule has 0 saturated carbocycles. The van der Waals surface area contributed by atoms with Crippen molar-refractivity contribution in [3.05, 3.63) is 0 Å². The number of hydrogen-bond donors (Lipinski definition) is 0. The molecule has 0 aliphatic carbocycles. The largest absolute Gasteiger partial charge is 0.162 e. The molecule has 13 heavy (non-hydrogen) atoms. The second kappa shape index (κ2) is 12.6. The molecule has 0 heterocycles. The second-order valence-electron chi connectivity index (χ2n) is 3.42. The van der Waals surface area contributed by atoms with Crippen molar-refractivity contribution in [3.8, 4) is 0 Å². The van der Waals surface area contributed by atoms with Crippen LogP contribution in [-0.4, -0.2) is 17.4 Å². The molecular weight excluding hydrogens is 200 g/mol. The van der Waals surface area contributed by atoms with Gasteiger partial charge in [-0.2, -0.15) is 11.8 Å². The minimum Gasteiger partial charge on any atom is -0.162 e. The summed E-state index contributed by atoms with van der Waals surface area (Å²) in [6.07, 6.45) is 9.42. The van der Waals surface area contributed by atoms with Crippen LogP contribution >= 0.6 is 23.4 Å². The van der Waals surface area contributed by atoms with Gasteiger partial charge >= 0.3 is 0 Å². The van der Waals surface area contributed by atoms with E-state index in [1.165, 1.54) is 56.5 Å². The second-order valence-corrected chi connectivity index (χ2v) is 5.03. The Bertz CT molecular complexity index is 76.2. The lowest BCUT2D eigenvalue weighted by Crippen LogP contribution is -1.85. The van der Waals surface area contributed by atoms with Gasteiger partial charge < -0.3 is 0 Å². The highest BCUT2D eigenvalue weighted by Gasteiger charge is 1.91. The van der Waals surface area contributed by atoms with Crippen molar-refractivity contribution in [2.75, 3.05) is 17.4 Å². The third kappa shape index (κ3) is 12.6. The van der Waals surface area contributed by atoms with Crippen molar-refractivity contribution in [2.24, 2.45) is 0 Å². The molecule has 0 nitrogen and oxygen atoms in total. The highest BCUT2D eigenvalue weighted by Crippen LogP contribution is 2.10. The summed E-state index contributed by atoms with van der Waals surface area (Å²) >= 11 is 7.71. The van der Waals surface area contributed by atoms with Crippen molar-refractivity contribution in [1.82, 2.24) is 0 Å². The lowest BCUT2D eigenvalue weighted by Gasteiger charge is -2.00. The summed E-state index contributed by atoms with van der Waals surface area (Å²) in [5.41, 5.74) is 0. The standard InChI is InChI=1S/C11H23ClS/c1-2-3-7-10-13-11-8-5-4-6-9-12/h2-11H2,1H3. The van der Waals surface area contributed by atoms with E-state index in [2.05, 4.69) is 18.7 Å². The Morgan fingerprint density at radius 2 is 1.46 bits per heavy atom. The smallest absolute Gasteiger partial charge is 0.0223 e. The zero-order valence-electron chi connectivity index (χ0n) is 8.86. The van der Waals surface area contributed by atoms with Crippen LogP contribution in [0.1, 0.15) is 51.9 Å².